The summed E-state index contributed by atoms with van der Waals surface area (Å²) >= 11 is 0. The fraction of sp³-hybridized carbons (Fsp3) is 0.333. The fourth-order valence-corrected chi connectivity index (χ4v) is 2.43. The first-order valence-electron chi connectivity index (χ1n) is 8.16. The maximum absolute atomic E-state index is 14.3. The number of halogens is 3. The minimum atomic E-state index is -1.67. The third kappa shape index (κ3) is 3.96. The molecule has 26 heavy (non-hydrogen) atoms. The zero-order chi connectivity index (χ0) is 18.8. The first-order chi connectivity index (χ1) is 12.4. The average molecular weight is 365 g/mol. The monoisotopic (exact) mass is 365 g/mol. The van der Waals surface area contributed by atoms with Crippen molar-refractivity contribution in [3.8, 4) is 0 Å². The van der Waals surface area contributed by atoms with Crippen LogP contribution in [0.25, 0.3) is 0 Å². The topological polar surface area (TPSA) is 63.2 Å². The molecule has 1 saturated carbocycles. The number of hydrogen-bond donors (Lipinski definition) is 2. The number of hydroxylamine groups is 1. The van der Waals surface area contributed by atoms with Gasteiger partial charge in [0.05, 0.1) is 17.9 Å². The van der Waals surface area contributed by atoms with Crippen LogP contribution in [0.3, 0.4) is 0 Å². The molecule has 3 rings (SSSR count). The van der Waals surface area contributed by atoms with Crippen molar-refractivity contribution in [2.75, 3.05) is 11.9 Å². The average Bonchev–Trinajstić information content (AvgIpc) is 3.41. The lowest BCUT2D eigenvalue weighted by Gasteiger charge is -2.15. The lowest BCUT2D eigenvalue weighted by atomic mass is 10.1. The summed E-state index contributed by atoms with van der Waals surface area (Å²) in [7, 11) is 0. The molecular weight excluding hydrogens is 347 g/mol. The maximum atomic E-state index is 14.3. The van der Waals surface area contributed by atoms with E-state index in [2.05, 4.69) is 15.8 Å². The molecule has 0 aliphatic heterocycles. The molecule has 0 atom stereocenters. The standard InChI is InChI=1S/C18H18F3N3O2/c1-9-5-10(2)17(22-7-9)23-16-12(6-13(19)14(20)15(16)21)18(25)24-26-8-11-3-4-11/h5-7,11H,3-4,8H2,1-2H3,(H,22,23)(H,24,25). The second kappa shape index (κ2) is 7.33. The van der Waals surface area contributed by atoms with E-state index in [1.165, 1.54) is 6.20 Å². The van der Waals surface area contributed by atoms with E-state index in [0.717, 1.165) is 18.4 Å². The molecule has 1 heterocycles. The highest BCUT2D eigenvalue weighted by Crippen LogP contribution is 2.30. The van der Waals surface area contributed by atoms with Crippen molar-refractivity contribution in [1.82, 2.24) is 10.5 Å². The van der Waals surface area contributed by atoms with Crippen LogP contribution in [0.15, 0.2) is 18.3 Å². The van der Waals surface area contributed by atoms with E-state index in [4.69, 9.17) is 4.84 Å². The molecule has 0 saturated heterocycles. The van der Waals surface area contributed by atoms with E-state index in [0.29, 0.717) is 24.2 Å². The van der Waals surface area contributed by atoms with Gasteiger partial charge in [0.15, 0.2) is 17.5 Å². The molecular formula is C18H18F3N3O2. The van der Waals surface area contributed by atoms with E-state index >= 15 is 0 Å². The van der Waals surface area contributed by atoms with Crippen LogP contribution in [0.2, 0.25) is 0 Å². The highest BCUT2D eigenvalue weighted by Gasteiger charge is 2.25. The maximum Gasteiger partial charge on any atom is 0.277 e. The van der Waals surface area contributed by atoms with Gasteiger partial charge in [-0.05, 0) is 49.8 Å². The van der Waals surface area contributed by atoms with Crippen molar-refractivity contribution < 1.29 is 22.8 Å². The summed E-state index contributed by atoms with van der Waals surface area (Å²) in [6, 6.07) is 2.41. The Balaban J connectivity index is 1.90. The number of nitrogens with zero attached hydrogens (tertiary/aromatic N) is 1. The van der Waals surface area contributed by atoms with Gasteiger partial charge in [0.1, 0.15) is 5.82 Å². The number of hydrogen-bond acceptors (Lipinski definition) is 4. The molecule has 1 aliphatic carbocycles. The van der Waals surface area contributed by atoms with Gasteiger partial charge in [0.2, 0.25) is 0 Å². The number of aromatic nitrogens is 1. The zero-order valence-electron chi connectivity index (χ0n) is 14.3. The van der Waals surface area contributed by atoms with Crippen LogP contribution in [-0.2, 0) is 4.84 Å². The van der Waals surface area contributed by atoms with Crippen molar-refractivity contribution in [2.24, 2.45) is 5.92 Å². The number of nitrogens with one attached hydrogen (secondary N) is 2. The summed E-state index contributed by atoms with van der Waals surface area (Å²) in [6.45, 7) is 3.87. The van der Waals surface area contributed by atoms with Gasteiger partial charge in [-0.25, -0.2) is 23.6 Å². The van der Waals surface area contributed by atoms with E-state index < -0.39 is 34.6 Å². The normalized spacial score (nSPS) is 13.6. The lowest BCUT2D eigenvalue weighted by Crippen LogP contribution is -2.26. The number of anilines is 2. The molecule has 1 amide bonds. The van der Waals surface area contributed by atoms with Crippen molar-refractivity contribution in [1.29, 1.82) is 0 Å². The largest absolute Gasteiger partial charge is 0.337 e. The van der Waals surface area contributed by atoms with E-state index in [1.807, 2.05) is 6.92 Å². The number of benzene rings is 1. The molecule has 1 fully saturated rings. The van der Waals surface area contributed by atoms with Gasteiger partial charge in [-0.1, -0.05) is 6.07 Å². The van der Waals surface area contributed by atoms with Crippen LogP contribution >= 0.6 is 0 Å². The van der Waals surface area contributed by atoms with Crippen molar-refractivity contribution >= 4 is 17.4 Å². The molecule has 5 nitrogen and oxygen atoms in total. The Kier molecular flexibility index (Phi) is 5.13. The van der Waals surface area contributed by atoms with Gasteiger partial charge in [-0.2, -0.15) is 0 Å². The molecule has 0 unspecified atom stereocenters. The molecule has 8 heteroatoms. The van der Waals surface area contributed by atoms with Gasteiger partial charge in [0, 0.05) is 6.20 Å². The van der Waals surface area contributed by atoms with Gasteiger partial charge in [-0.15, -0.1) is 0 Å². The predicted molar refractivity (Wildman–Crippen MR) is 89.5 cm³/mol. The van der Waals surface area contributed by atoms with Gasteiger partial charge >= 0.3 is 0 Å². The summed E-state index contributed by atoms with van der Waals surface area (Å²) < 4.78 is 41.6. The molecule has 0 spiro atoms. The Morgan fingerprint density at radius 2 is 1.96 bits per heavy atom. The van der Waals surface area contributed by atoms with Crippen LogP contribution < -0.4 is 10.8 Å². The SMILES string of the molecule is Cc1cnc(Nc2c(C(=O)NOCC3CC3)cc(F)c(F)c2F)c(C)c1. The molecule has 1 aromatic carbocycles. The first kappa shape index (κ1) is 18.2. The zero-order valence-corrected chi connectivity index (χ0v) is 14.3. The van der Waals surface area contributed by atoms with Gasteiger partial charge < -0.3 is 5.32 Å². The number of pyridine rings is 1. The number of carbonyl (C=O) groups is 1. The number of rotatable bonds is 6. The second-order valence-corrected chi connectivity index (χ2v) is 6.40. The highest BCUT2D eigenvalue weighted by molar-refractivity contribution is 6.00. The highest BCUT2D eigenvalue weighted by atomic mass is 19.2. The van der Waals surface area contributed by atoms with E-state index in [1.54, 1.807) is 13.0 Å². The van der Waals surface area contributed by atoms with Gasteiger partial charge in [-0.3, -0.25) is 9.63 Å². The second-order valence-electron chi connectivity index (χ2n) is 6.40. The molecule has 1 aliphatic rings. The quantitative estimate of drug-likeness (QED) is 0.601. The molecule has 0 bridgehead atoms. The Hall–Kier alpha value is -2.61. The van der Waals surface area contributed by atoms with Crippen LogP contribution in [0, 0.1) is 37.2 Å². The van der Waals surface area contributed by atoms with Crippen LogP contribution in [0.4, 0.5) is 24.7 Å². The van der Waals surface area contributed by atoms with Crippen molar-refractivity contribution in [2.45, 2.75) is 26.7 Å². The first-order valence-corrected chi connectivity index (χ1v) is 8.16. The van der Waals surface area contributed by atoms with Gasteiger partial charge in [0.25, 0.3) is 5.91 Å². The van der Waals surface area contributed by atoms with E-state index in [-0.39, 0.29) is 5.82 Å². The van der Waals surface area contributed by atoms with E-state index in [9.17, 15) is 18.0 Å². The molecule has 138 valence electrons. The molecule has 2 aromatic rings. The fourth-order valence-electron chi connectivity index (χ4n) is 2.43. The Morgan fingerprint density at radius 3 is 2.62 bits per heavy atom. The van der Waals surface area contributed by atoms with Crippen molar-refractivity contribution in [3.05, 3.63) is 52.5 Å². The molecule has 0 radical (unpaired) electrons. The minimum absolute atomic E-state index is 0.230. The summed E-state index contributed by atoms with van der Waals surface area (Å²) in [6.07, 6.45) is 3.56. The summed E-state index contributed by atoms with van der Waals surface area (Å²) in [5.74, 6) is -4.90. The number of amides is 1. The molecule has 2 N–H and O–H groups in total. The Morgan fingerprint density at radius 1 is 1.23 bits per heavy atom. The Bertz CT molecular complexity index is 854. The summed E-state index contributed by atoms with van der Waals surface area (Å²) in [5, 5.41) is 2.59. The number of aryl methyl sites for hydroxylation is 2. The minimum Gasteiger partial charge on any atom is -0.337 e. The van der Waals surface area contributed by atoms with Crippen LogP contribution in [0.1, 0.15) is 34.3 Å². The smallest absolute Gasteiger partial charge is 0.277 e. The third-order valence-corrected chi connectivity index (χ3v) is 4.05. The van der Waals surface area contributed by atoms with Crippen molar-refractivity contribution in [3.63, 3.8) is 0 Å². The predicted octanol–water partition coefficient (Wildman–Crippen LogP) is 3.93. The summed E-state index contributed by atoms with van der Waals surface area (Å²) in [5.41, 5.74) is 2.76. The third-order valence-electron chi connectivity index (χ3n) is 4.05. The van der Waals surface area contributed by atoms with Crippen LogP contribution in [0.5, 0.6) is 0 Å². The number of carbonyl (C=O) groups excluding carboxylic acids is 1. The van der Waals surface area contributed by atoms with Crippen LogP contribution in [-0.4, -0.2) is 17.5 Å². The summed E-state index contributed by atoms with van der Waals surface area (Å²) in [4.78, 5) is 21.4. The lowest BCUT2D eigenvalue weighted by molar-refractivity contribution is 0.0270. The Labute approximate surface area is 148 Å². The molecule has 1 aromatic heterocycles.